The quantitative estimate of drug-likeness (QED) is 0.739. The molecule has 0 aliphatic heterocycles. The maximum atomic E-state index is 12.1. The van der Waals surface area contributed by atoms with Crippen LogP contribution in [-0.2, 0) is 9.59 Å². The minimum absolute atomic E-state index is 0.0851. The van der Waals surface area contributed by atoms with Gasteiger partial charge in [-0.2, -0.15) is 0 Å². The van der Waals surface area contributed by atoms with Crippen molar-refractivity contribution in [2.45, 2.75) is 18.7 Å². The number of hydrogen-bond acceptors (Lipinski definition) is 3. The van der Waals surface area contributed by atoms with Gasteiger partial charge in [0.1, 0.15) is 0 Å². The zero-order valence-electron chi connectivity index (χ0n) is 12.9. The molecule has 0 saturated heterocycles. The van der Waals surface area contributed by atoms with E-state index in [2.05, 4.69) is 26.6 Å². The number of thioether (sulfide) groups is 1. The first-order valence-corrected chi connectivity index (χ1v) is 8.79. The van der Waals surface area contributed by atoms with Gasteiger partial charge in [0.25, 0.3) is 0 Å². The number of benzene rings is 2. The van der Waals surface area contributed by atoms with Crippen LogP contribution in [0.5, 0.6) is 0 Å². The van der Waals surface area contributed by atoms with Gasteiger partial charge in [-0.3, -0.25) is 9.59 Å². The van der Waals surface area contributed by atoms with Gasteiger partial charge in [0, 0.05) is 22.0 Å². The molecule has 6 heteroatoms. The van der Waals surface area contributed by atoms with Crippen LogP contribution < -0.4 is 10.6 Å². The summed E-state index contributed by atoms with van der Waals surface area (Å²) in [7, 11) is 0. The van der Waals surface area contributed by atoms with Crippen LogP contribution in [-0.4, -0.2) is 17.6 Å². The SMILES string of the molecule is CC(=O)Nc1ccccc1SCC(=O)Nc1ccc(Br)cc1C. The number of para-hydroxylation sites is 1. The third-order valence-corrected chi connectivity index (χ3v) is 4.59. The molecule has 0 aromatic heterocycles. The molecule has 0 spiro atoms. The van der Waals surface area contributed by atoms with E-state index in [1.54, 1.807) is 0 Å². The lowest BCUT2D eigenvalue weighted by Gasteiger charge is -2.11. The molecule has 0 saturated carbocycles. The van der Waals surface area contributed by atoms with Gasteiger partial charge in [0.2, 0.25) is 11.8 Å². The average Bonchev–Trinajstić information content (AvgIpc) is 2.49. The molecule has 2 rings (SSSR count). The molecule has 0 radical (unpaired) electrons. The molecule has 0 aliphatic rings. The maximum absolute atomic E-state index is 12.1. The van der Waals surface area contributed by atoms with Crippen molar-refractivity contribution in [3.63, 3.8) is 0 Å². The molecule has 0 atom stereocenters. The zero-order valence-corrected chi connectivity index (χ0v) is 15.3. The van der Waals surface area contributed by atoms with E-state index in [0.717, 1.165) is 26.3 Å². The number of halogens is 1. The van der Waals surface area contributed by atoms with E-state index in [9.17, 15) is 9.59 Å². The second-order valence-electron chi connectivity index (χ2n) is 4.97. The summed E-state index contributed by atoms with van der Waals surface area (Å²) >= 11 is 4.79. The Morgan fingerprint density at radius 3 is 2.52 bits per heavy atom. The molecule has 0 unspecified atom stereocenters. The summed E-state index contributed by atoms with van der Waals surface area (Å²) in [6, 6.07) is 13.1. The van der Waals surface area contributed by atoms with E-state index < -0.39 is 0 Å². The fourth-order valence-corrected chi connectivity index (χ4v) is 3.27. The highest BCUT2D eigenvalue weighted by atomic mass is 79.9. The van der Waals surface area contributed by atoms with E-state index in [-0.39, 0.29) is 17.6 Å². The number of anilines is 2. The highest BCUT2D eigenvalue weighted by Crippen LogP contribution is 2.27. The topological polar surface area (TPSA) is 58.2 Å². The van der Waals surface area contributed by atoms with E-state index in [1.807, 2.05) is 49.4 Å². The monoisotopic (exact) mass is 392 g/mol. The Morgan fingerprint density at radius 2 is 1.83 bits per heavy atom. The molecular weight excluding hydrogens is 376 g/mol. The number of aryl methyl sites for hydroxylation is 1. The Morgan fingerprint density at radius 1 is 1.09 bits per heavy atom. The van der Waals surface area contributed by atoms with Crippen LogP contribution in [0, 0.1) is 6.92 Å². The Hall–Kier alpha value is -1.79. The Labute approximate surface area is 148 Å². The van der Waals surface area contributed by atoms with Gasteiger partial charge in [-0.1, -0.05) is 28.1 Å². The van der Waals surface area contributed by atoms with Gasteiger partial charge in [0.05, 0.1) is 11.4 Å². The van der Waals surface area contributed by atoms with Crippen LogP contribution in [0.1, 0.15) is 12.5 Å². The first kappa shape index (κ1) is 17.6. The Balaban J connectivity index is 1.98. The number of amides is 2. The van der Waals surface area contributed by atoms with E-state index in [4.69, 9.17) is 0 Å². The van der Waals surface area contributed by atoms with Gasteiger partial charge < -0.3 is 10.6 Å². The highest BCUT2D eigenvalue weighted by Gasteiger charge is 2.09. The highest BCUT2D eigenvalue weighted by molar-refractivity contribution is 9.10. The van der Waals surface area contributed by atoms with Crippen LogP contribution in [0.15, 0.2) is 51.8 Å². The summed E-state index contributed by atoms with van der Waals surface area (Å²) in [5, 5.41) is 5.67. The predicted molar refractivity (Wildman–Crippen MR) is 99.0 cm³/mol. The lowest BCUT2D eigenvalue weighted by Crippen LogP contribution is -2.15. The maximum Gasteiger partial charge on any atom is 0.234 e. The van der Waals surface area contributed by atoms with Gasteiger partial charge in [-0.15, -0.1) is 11.8 Å². The molecule has 120 valence electrons. The van der Waals surface area contributed by atoms with Gasteiger partial charge in [-0.25, -0.2) is 0 Å². The summed E-state index contributed by atoms with van der Waals surface area (Å²) in [5.41, 5.74) is 2.52. The Kier molecular flexibility index (Phi) is 6.24. The second kappa shape index (κ2) is 8.17. The van der Waals surface area contributed by atoms with Crippen molar-refractivity contribution in [2.75, 3.05) is 16.4 Å². The summed E-state index contributed by atoms with van der Waals surface area (Å²) < 4.78 is 0.978. The van der Waals surface area contributed by atoms with Crippen molar-refractivity contribution >= 4 is 50.9 Å². The third kappa shape index (κ3) is 5.41. The minimum atomic E-state index is -0.131. The minimum Gasteiger partial charge on any atom is -0.325 e. The predicted octanol–water partition coefficient (Wildman–Crippen LogP) is 4.45. The largest absolute Gasteiger partial charge is 0.325 e. The summed E-state index contributed by atoms with van der Waals surface area (Å²) in [6.45, 7) is 3.41. The van der Waals surface area contributed by atoms with Crippen molar-refractivity contribution in [3.05, 3.63) is 52.5 Å². The summed E-state index contributed by atoms with van der Waals surface area (Å²) in [6.07, 6.45) is 0. The fraction of sp³-hybridized carbons (Fsp3) is 0.176. The third-order valence-electron chi connectivity index (χ3n) is 3.02. The van der Waals surface area contributed by atoms with Gasteiger partial charge in [-0.05, 0) is 42.8 Å². The van der Waals surface area contributed by atoms with Gasteiger partial charge >= 0.3 is 0 Å². The normalized spacial score (nSPS) is 10.2. The van der Waals surface area contributed by atoms with Crippen LogP contribution in [0.2, 0.25) is 0 Å². The van der Waals surface area contributed by atoms with E-state index in [1.165, 1.54) is 18.7 Å². The smallest absolute Gasteiger partial charge is 0.234 e. The van der Waals surface area contributed by atoms with Crippen molar-refractivity contribution in [1.82, 2.24) is 0 Å². The molecular formula is C17H17BrN2O2S. The zero-order chi connectivity index (χ0) is 16.8. The fourth-order valence-electron chi connectivity index (χ4n) is 1.98. The van der Waals surface area contributed by atoms with Crippen LogP contribution in [0.4, 0.5) is 11.4 Å². The molecule has 0 heterocycles. The van der Waals surface area contributed by atoms with Crippen LogP contribution >= 0.6 is 27.7 Å². The molecule has 4 nitrogen and oxygen atoms in total. The summed E-state index contributed by atoms with van der Waals surface area (Å²) in [5.74, 6) is 0.0533. The average molecular weight is 393 g/mol. The molecule has 2 aromatic carbocycles. The summed E-state index contributed by atoms with van der Waals surface area (Å²) in [4.78, 5) is 24.2. The molecule has 23 heavy (non-hydrogen) atoms. The molecule has 2 N–H and O–H groups in total. The van der Waals surface area contributed by atoms with Crippen LogP contribution in [0.3, 0.4) is 0 Å². The van der Waals surface area contributed by atoms with Crippen molar-refractivity contribution < 1.29 is 9.59 Å². The number of carbonyl (C=O) groups is 2. The van der Waals surface area contributed by atoms with Crippen molar-refractivity contribution in [3.8, 4) is 0 Å². The number of rotatable bonds is 5. The van der Waals surface area contributed by atoms with E-state index in [0.29, 0.717) is 0 Å². The standard InChI is InChI=1S/C17H17BrN2O2S/c1-11-9-13(18)7-8-14(11)20-17(22)10-23-16-6-4-3-5-15(16)19-12(2)21/h3-9H,10H2,1-2H3,(H,19,21)(H,20,22). The second-order valence-corrected chi connectivity index (χ2v) is 6.91. The molecule has 2 amide bonds. The van der Waals surface area contributed by atoms with Crippen LogP contribution in [0.25, 0.3) is 0 Å². The number of carbonyl (C=O) groups excluding carboxylic acids is 2. The molecule has 0 bridgehead atoms. The first-order valence-electron chi connectivity index (χ1n) is 7.01. The molecule has 2 aromatic rings. The van der Waals surface area contributed by atoms with Crippen molar-refractivity contribution in [2.24, 2.45) is 0 Å². The van der Waals surface area contributed by atoms with Crippen molar-refractivity contribution in [1.29, 1.82) is 0 Å². The Bertz CT molecular complexity index is 734. The lowest BCUT2D eigenvalue weighted by atomic mass is 10.2. The number of nitrogens with one attached hydrogen (secondary N) is 2. The lowest BCUT2D eigenvalue weighted by molar-refractivity contribution is -0.114. The molecule has 0 aliphatic carbocycles. The molecule has 0 fully saturated rings. The van der Waals surface area contributed by atoms with E-state index >= 15 is 0 Å². The number of hydrogen-bond donors (Lipinski definition) is 2. The van der Waals surface area contributed by atoms with Gasteiger partial charge in [0.15, 0.2) is 0 Å². The first-order chi connectivity index (χ1) is 11.0.